The van der Waals surface area contributed by atoms with E-state index >= 15 is 0 Å². The lowest BCUT2D eigenvalue weighted by Crippen LogP contribution is -2.51. The van der Waals surface area contributed by atoms with Crippen LogP contribution in [0.3, 0.4) is 0 Å². The highest BCUT2D eigenvalue weighted by molar-refractivity contribution is 5.87. The van der Waals surface area contributed by atoms with Gasteiger partial charge in [0, 0.05) is 18.6 Å². The number of nitrogens with zero attached hydrogens (tertiary/aromatic N) is 1. The fraction of sp³-hybridized carbons (Fsp3) is 0.727. The van der Waals surface area contributed by atoms with Crippen molar-refractivity contribution in [2.75, 3.05) is 20.1 Å². The van der Waals surface area contributed by atoms with Gasteiger partial charge in [0.1, 0.15) is 0 Å². The number of likely N-dealkylation sites (tertiary alicyclic amines) is 1. The average molecular weight is 196 g/mol. The maximum Gasteiger partial charge on any atom is 0.246 e. The van der Waals surface area contributed by atoms with E-state index in [2.05, 4.69) is 12.2 Å². The lowest BCUT2D eigenvalue weighted by molar-refractivity contribution is -0.127. The summed E-state index contributed by atoms with van der Waals surface area (Å²) in [5.41, 5.74) is 0.215. The molecule has 0 radical (unpaired) electrons. The first-order valence-corrected chi connectivity index (χ1v) is 5.22. The quantitative estimate of drug-likeness (QED) is 0.672. The van der Waals surface area contributed by atoms with Gasteiger partial charge in [0.25, 0.3) is 0 Å². The highest BCUT2D eigenvalue weighted by atomic mass is 16.2. The van der Waals surface area contributed by atoms with Gasteiger partial charge >= 0.3 is 0 Å². The Morgan fingerprint density at radius 3 is 2.43 bits per heavy atom. The highest BCUT2D eigenvalue weighted by Crippen LogP contribution is 2.20. The fourth-order valence-corrected chi connectivity index (χ4v) is 1.72. The van der Waals surface area contributed by atoms with Gasteiger partial charge in [-0.1, -0.05) is 6.08 Å². The summed E-state index contributed by atoms with van der Waals surface area (Å²) in [6, 6.07) is 0. The third-order valence-electron chi connectivity index (χ3n) is 3.09. The van der Waals surface area contributed by atoms with E-state index in [4.69, 9.17) is 0 Å². The van der Waals surface area contributed by atoms with Gasteiger partial charge in [-0.15, -0.1) is 0 Å². The number of nitrogens with one attached hydrogen (secondary N) is 1. The molecule has 0 saturated carbocycles. The van der Waals surface area contributed by atoms with Gasteiger partial charge in [-0.05, 0) is 39.8 Å². The molecule has 1 N–H and O–H groups in total. The van der Waals surface area contributed by atoms with Gasteiger partial charge < -0.3 is 10.2 Å². The van der Waals surface area contributed by atoms with E-state index in [0.29, 0.717) is 0 Å². The van der Waals surface area contributed by atoms with Crippen LogP contribution in [0.4, 0.5) is 0 Å². The molecule has 0 aliphatic carbocycles. The summed E-state index contributed by atoms with van der Waals surface area (Å²) >= 11 is 0. The molecular formula is C11H20N2O. The normalized spacial score (nSPS) is 21.5. The molecule has 0 unspecified atom stereocenters. The van der Waals surface area contributed by atoms with Crippen LogP contribution in [-0.2, 0) is 4.79 Å². The second-order valence-corrected chi connectivity index (χ2v) is 4.14. The van der Waals surface area contributed by atoms with Crippen LogP contribution in [-0.4, -0.2) is 36.5 Å². The molecule has 0 spiro atoms. The van der Waals surface area contributed by atoms with Gasteiger partial charge in [-0.3, -0.25) is 4.79 Å². The van der Waals surface area contributed by atoms with Crippen molar-refractivity contribution in [3.63, 3.8) is 0 Å². The van der Waals surface area contributed by atoms with E-state index in [1.165, 1.54) is 0 Å². The smallest absolute Gasteiger partial charge is 0.246 e. The third-order valence-corrected chi connectivity index (χ3v) is 3.09. The monoisotopic (exact) mass is 196 g/mol. The van der Waals surface area contributed by atoms with Crippen LogP contribution in [0.25, 0.3) is 0 Å². The Hall–Kier alpha value is -0.830. The summed E-state index contributed by atoms with van der Waals surface area (Å²) < 4.78 is 0. The Kier molecular flexibility index (Phi) is 3.69. The molecule has 0 aromatic rings. The number of rotatable bonds is 2. The van der Waals surface area contributed by atoms with E-state index in [-0.39, 0.29) is 11.4 Å². The largest absolute Gasteiger partial charge is 0.339 e. The maximum absolute atomic E-state index is 11.5. The number of piperidine rings is 1. The van der Waals surface area contributed by atoms with Crippen LogP contribution in [0, 0.1) is 0 Å². The zero-order chi connectivity index (χ0) is 10.6. The van der Waals surface area contributed by atoms with Crippen LogP contribution in [0.1, 0.15) is 26.7 Å². The van der Waals surface area contributed by atoms with Gasteiger partial charge in [0.2, 0.25) is 5.91 Å². The van der Waals surface area contributed by atoms with Crippen LogP contribution in [0.2, 0.25) is 0 Å². The molecule has 0 bridgehead atoms. The average Bonchev–Trinajstić information content (AvgIpc) is 2.19. The standard InChI is InChI=1S/C11H20N2O/c1-4-5-10(14)13-8-6-11(2,12-3)7-9-13/h4-5,12H,6-9H2,1-3H3/b5-4+. The third kappa shape index (κ3) is 2.58. The molecule has 1 aliphatic heterocycles. The van der Waals surface area contributed by atoms with Crippen molar-refractivity contribution < 1.29 is 4.79 Å². The Morgan fingerprint density at radius 1 is 1.43 bits per heavy atom. The molecule has 1 rings (SSSR count). The van der Waals surface area contributed by atoms with Crippen molar-refractivity contribution in [2.45, 2.75) is 32.2 Å². The van der Waals surface area contributed by atoms with Gasteiger partial charge in [-0.2, -0.15) is 0 Å². The van der Waals surface area contributed by atoms with Crippen molar-refractivity contribution in [2.24, 2.45) is 0 Å². The lowest BCUT2D eigenvalue weighted by Gasteiger charge is -2.38. The minimum Gasteiger partial charge on any atom is -0.339 e. The molecule has 3 heteroatoms. The van der Waals surface area contributed by atoms with Crippen molar-refractivity contribution in [3.8, 4) is 0 Å². The van der Waals surface area contributed by atoms with E-state index in [9.17, 15) is 4.79 Å². The molecule has 80 valence electrons. The summed E-state index contributed by atoms with van der Waals surface area (Å²) in [5.74, 6) is 0.144. The van der Waals surface area contributed by atoms with Gasteiger partial charge in [0.15, 0.2) is 0 Å². The number of hydrogen-bond acceptors (Lipinski definition) is 2. The van der Waals surface area contributed by atoms with Crippen molar-refractivity contribution in [3.05, 3.63) is 12.2 Å². The number of carbonyl (C=O) groups excluding carboxylic acids is 1. The molecule has 1 aliphatic rings. The first-order valence-electron chi connectivity index (χ1n) is 5.22. The van der Waals surface area contributed by atoms with Crippen molar-refractivity contribution in [1.82, 2.24) is 10.2 Å². The second kappa shape index (κ2) is 4.60. The Labute approximate surface area is 86.2 Å². The molecule has 0 aromatic carbocycles. The summed E-state index contributed by atoms with van der Waals surface area (Å²) in [5, 5.41) is 3.32. The number of carbonyl (C=O) groups is 1. The zero-order valence-electron chi connectivity index (χ0n) is 9.34. The molecule has 1 saturated heterocycles. The van der Waals surface area contributed by atoms with Crippen LogP contribution in [0.5, 0.6) is 0 Å². The predicted molar refractivity (Wildman–Crippen MR) is 58.1 cm³/mol. The van der Waals surface area contributed by atoms with E-state index < -0.39 is 0 Å². The molecule has 1 amide bonds. The number of hydrogen-bond donors (Lipinski definition) is 1. The first kappa shape index (κ1) is 11.2. The Bertz CT molecular complexity index is 227. The summed E-state index contributed by atoms with van der Waals surface area (Å²) in [6.45, 7) is 5.81. The summed E-state index contributed by atoms with van der Waals surface area (Å²) in [4.78, 5) is 13.4. The fourth-order valence-electron chi connectivity index (χ4n) is 1.72. The van der Waals surface area contributed by atoms with Crippen molar-refractivity contribution >= 4 is 5.91 Å². The predicted octanol–water partition coefficient (Wildman–Crippen LogP) is 1.16. The zero-order valence-corrected chi connectivity index (χ0v) is 9.34. The molecule has 0 aromatic heterocycles. The SMILES string of the molecule is C/C=C/C(=O)N1CCC(C)(NC)CC1. The molecule has 14 heavy (non-hydrogen) atoms. The minimum absolute atomic E-state index is 0.144. The lowest BCUT2D eigenvalue weighted by atomic mass is 9.90. The van der Waals surface area contributed by atoms with Crippen LogP contribution in [0.15, 0.2) is 12.2 Å². The summed E-state index contributed by atoms with van der Waals surface area (Å²) in [6.07, 6.45) is 5.51. The molecule has 1 fully saturated rings. The van der Waals surface area contributed by atoms with Gasteiger partial charge in [0.05, 0.1) is 0 Å². The van der Waals surface area contributed by atoms with E-state index in [0.717, 1.165) is 25.9 Å². The second-order valence-electron chi connectivity index (χ2n) is 4.14. The molecule has 3 nitrogen and oxygen atoms in total. The molecule has 1 heterocycles. The maximum atomic E-state index is 11.5. The number of allylic oxidation sites excluding steroid dienone is 1. The molecular weight excluding hydrogens is 176 g/mol. The van der Waals surface area contributed by atoms with E-state index in [1.807, 2.05) is 18.9 Å². The van der Waals surface area contributed by atoms with Crippen molar-refractivity contribution in [1.29, 1.82) is 0 Å². The summed E-state index contributed by atoms with van der Waals surface area (Å²) in [7, 11) is 1.99. The van der Waals surface area contributed by atoms with E-state index in [1.54, 1.807) is 12.2 Å². The first-order chi connectivity index (χ1) is 6.61. The Balaban J connectivity index is 2.47. The topological polar surface area (TPSA) is 32.3 Å². The minimum atomic E-state index is 0.144. The Morgan fingerprint density at radius 2 is 2.00 bits per heavy atom. The molecule has 0 atom stereocenters. The number of amides is 1. The highest BCUT2D eigenvalue weighted by Gasteiger charge is 2.29. The van der Waals surface area contributed by atoms with Crippen LogP contribution >= 0.6 is 0 Å². The van der Waals surface area contributed by atoms with Gasteiger partial charge in [-0.25, -0.2) is 0 Å². The van der Waals surface area contributed by atoms with Crippen LogP contribution < -0.4 is 5.32 Å².